The predicted octanol–water partition coefficient (Wildman–Crippen LogP) is 2.46. The zero-order valence-corrected chi connectivity index (χ0v) is 8.17. The number of nitrogens with one attached hydrogen (secondary N) is 1. The highest BCUT2D eigenvalue weighted by Crippen LogP contribution is 2.13. The Hall–Kier alpha value is -1.51. The molecule has 0 bridgehead atoms. The van der Waals surface area contributed by atoms with Gasteiger partial charge in [0.05, 0.1) is 5.39 Å². The Morgan fingerprint density at radius 3 is 3.07 bits per heavy atom. The lowest BCUT2D eigenvalue weighted by Gasteiger charge is -1.97. The normalized spacial score (nSPS) is 10.9. The van der Waals surface area contributed by atoms with E-state index in [-0.39, 0.29) is 5.56 Å². The average molecular weight is 191 g/mol. The van der Waals surface area contributed by atoms with Crippen LogP contribution < -0.4 is 5.56 Å². The Labute approximate surface area is 81.7 Å². The van der Waals surface area contributed by atoms with Crippen LogP contribution in [0.15, 0.2) is 27.5 Å². The summed E-state index contributed by atoms with van der Waals surface area (Å²) in [6.45, 7) is 2.16. The van der Waals surface area contributed by atoms with Gasteiger partial charge in [-0.2, -0.15) is 5.16 Å². The molecule has 0 spiro atoms. The molecule has 1 heterocycles. The van der Waals surface area contributed by atoms with Crippen molar-refractivity contribution in [3.05, 3.63) is 34.1 Å². The van der Waals surface area contributed by atoms with Gasteiger partial charge in [-0.15, -0.1) is 0 Å². The first-order chi connectivity index (χ1) is 6.81. The van der Waals surface area contributed by atoms with Crippen LogP contribution >= 0.6 is 0 Å². The quantitative estimate of drug-likeness (QED) is 0.810. The lowest BCUT2D eigenvalue weighted by Crippen LogP contribution is -1.97. The second-order valence-electron chi connectivity index (χ2n) is 3.47. The molecule has 0 unspecified atom stereocenters. The first kappa shape index (κ1) is 9.06. The molecule has 0 aliphatic rings. The van der Waals surface area contributed by atoms with E-state index < -0.39 is 0 Å². The number of rotatable bonds is 3. The molecule has 74 valence electrons. The van der Waals surface area contributed by atoms with Crippen molar-refractivity contribution in [3.63, 3.8) is 0 Å². The molecule has 0 fully saturated rings. The number of hydrogen-bond donors (Lipinski definition) is 1. The lowest BCUT2D eigenvalue weighted by molar-refractivity contribution is 0.449. The van der Waals surface area contributed by atoms with Gasteiger partial charge in [-0.3, -0.25) is 4.79 Å². The van der Waals surface area contributed by atoms with Gasteiger partial charge in [-0.25, -0.2) is 0 Å². The van der Waals surface area contributed by atoms with Crippen molar-refractivity contribution in [1.29, 1.82) is 0 Å². The molecular formula is C11H13NO2. The van der Waals surface area contributed by atoms with Crippen LogP contribution in [0.4, 0.5) is 0 Å². The summed E-state index contributed by atoms with van der Waals surface area (Å²) < 4.78 is 4.97. The van der Waals surface area contributed by atoms with Crippen LogP contribution in [-0.4, -0.2) is 5.16 Å². The van der Waals surface area contributed by atoms with Crippen LogP contribution in [0.2, 0.25) is 0 Å². The number of aromatic amines is 1. The maximum Gasteiger partial charge on any atom is 0.287 e. The van der Waals surface area contributed by atoms with E-state index in [9.17, 15) is 4.79 Å². The largest absolute Gasteiger partial charge is 0.378 e. The Morgan fingerprint density at radius 1 is 1.43 bits per heavy atom. The number of aryl methyl sites for hydroxylation is 1. The first-order valence-corrected chi connectivity index (χ1v) is 4.91. The molecule has 0 amide bonds. The van der Waals surface area contributed by atoms with Crippen molar-refractivity contribution in [2.45, 2.75) is 26.2 Å². The number of H-pyrrole nitrogens is 1. The summed E-state index contributed by atoms with van der Waals surface area (Å²) in [6.07, 6.45) is 3.35. The van der Waals surface area contributed by atoms with E-state index in [4.69, 9.17) is 4.52 Å². The fourth-order valence-corrected chi connectivity index (χ4v) is 1.54. The van der Waals surface area contributed by atoms with Gasteiger partial charge in [0, 0.05) is 0 Å². The highest BCUT2D eigenvalue weighted by atomic mass is 16.5. The summed E-state index contributed by atoms with van der Waals surface area (Å²) in [6, 6.07) is 5.76. The third-order valence-corrected chi connectivity index (χ3v) is 2.36. The van der Waals surface area contributed by atoms with Crippen LogP contribution in [-0.2, 0) is 6.42 Å². The molecule has 2 aromatic rings. The van der Waals surface area contributed by atoms with Gasteiger partial charge in [-0.1, -0.05) is 19.4 Å². The van der Waals surface area contributed by atoms with E-state index in [0.29, 0.717) is 11.0 Å². The fourth-order valence-electron chi connectivity index (χ4n) is 1.54. The Kier molecular flexibility index (Phi) is 2.39. The van der Waals surface area contributed by atoms with E-state index in [2.05, 4.69) is 12.1 Å². The molecule has 0 atom stereocenters. The molecule has 3 nitrogen and oxygen atoms in total. The topological polar surface area (TPSA) is 46.0 Å². The summed E-state index contributed by atoms with van der Waals surface area (Å²) in [5.41, 5.74) is 1.69. The molecule has 0 saturated carbocycles. The predicted molar refractivity (Wildman–Crippen MR) is 55.4 cm³/mol. The van der Waals surface area contributed by atoms with Gasteiger partial charge in [0.1, 0.15) is 0 Å². The number of unbranched alkanes of at least 4 members (excludes halogenated alkanes) is 1. The first-order valence-electron chi connectivity index (χ1n) is 4.91. The monoisotopic (exact) mass is 191 g/mol. The molecule has 3 heteroatoms. The van der Waals surface area contributed by atoms with Crippen LogP contribution in [0.25, 0.3) is 11.0 Å². The fraction of sp³-hybridized carbons (Fsp3) is 0.364. The van der Waals surface area contributed by atoms with Crippen LogP contribution in [0.5, 0.6) is 0 Å². The number of fused-ring (bicyclic) bond motifs is 1. The smallest absolute Gasteiger partial charge is 0.287 e. The third-order valence-electron chi connectivity index (χ3n) is 2.36. The standard InChI is InChI=1S/C11H13NO2/c1-2-3-4-8-5-6-10-9(7-8)11(13)12-14-10/h5-7H,2-4H2,1H3,(H,12,13). The Morgan fingerprint density at radius 2 is 2.29 bits per heavy atom. The molecule has 0 aliphatic heterocycles. The highest BCUT2D eigenvalue weighted by molar-refractivity contribution is 5.76. The maximum atomic E-state index is 11.3. The number of benzene rings is 1. The van der Waals surface area contributed by atoms with Crippen molar-refractivity contribution >= 4 is 11.0 Å². The van der Waals surface area contributed by atoms with E-state index in [1.165, 1.54) is 12.0 Å². The second kappa shape index (κ2) is 3.70. The van der Waals surface area contributed by atoms with Gasteiger partial charge in [0.25, 0.3) is 5.56 Å². The zero-order valence-electron chi connectivity index (χ0n) is 8.17. The maximum absolute atomic E-state index is 11.3. The third kappa shape index (κ3) is 1.58. The lowest BCUT2D eigenvalue weighted by atomic mass is 10.1. The minimum atomic E-state index is -0.140. The zero-order chi connectivity index (χ0) is 9.97. The van der Waals surface area contributed by atoms with E-state index in [0.717, 1.165) is 12.8 Å². The number of hydrogen-bond acceptors (Lipinski definition) is 2. The molecule has 2 rings (SSSR count). The van der Waals surface area contributed by atoms with Crippen molar-refractivity contribution in [2.75, 3.05) is 0 Å². The van der Waals surface area contributed by atoms with Crippen molar-refractivity contribution < 1.29 is 4.52 Å². The summed E-state index contributed by atoms with van der Waals surface area (Å²) >= 11 is 0. The van der Waals surface area contributed by atoms with Gasteiger partial charge in [-0.05, 0) is 30.5 Å². The van der Waals surface area contributed by atoms with Gasteiger partial charge in [0.15, 0.2) is 5.58 Å². The Bertz CT molecular complexity index is 481. The van der Waals surface area contributed by atoms with E-state index >= 15 is 0 Å². The van der Waals surface area contributed by atoms with E-state index in [1.807, 2.05) is 18.2 Å². The molecule has 0 saturated heterocycles. The molecular weight excluding hydrogens is 178 g/mol. The number of aromatic nitrogens is 1. The Balaban J connectivity index is 2.39. The summed E-state index contributed by atoms with van der Waals surface area (Å²) in [7, 11) is 0. The van der Waals surface area contributed by atoms with Crippen LogP contribution in [0.1, 0.15) is 25.3 Å². The molecule has 0 aliphatic carbocycles. The average Bonchev–Trinajstić information content (AvgIpc) is 2.57. The van der Waals surface area contributed by atoms with E-state index in [1.54, 1.807) is 0 Å². The summed E-state index contributed by atoms with van der Waals surface area (Å²) in [5, 5.41) is 2.98. The molecule has 14 heavy (non-hydrogen) atoms. The SMILES string of the molecule is CCCCc1ccc2o[nH]c(=O)c2c1. The van der Waals surface area contributed by atoms with Crippen LogP contribution in [0, 0.1) is 0 Å². The van der Waals surface area contributed by atoms with Crippen molar-refractivity contribution in [2.24, 2.45) is 0 Å². The minimum absolute atomic E-state index is 0.140. The molecule has 1 N–H and O–H groups in total. The second-order valence-corrected chi connectivity index (χ2v) is 3.47. The van der Waals surface area contributed by atoms with Gasteiger partial charge in [0.2, 0.25) is 0 Å². The van der Waals surface area contributed by atoms with Crippen molar-refractivity contribution in [3.8, 4) is 0 Å². The minimum Gasteiger partial charge on any atom is -0.378 e. The molecule has 0 radical (unpaired) electrons. The molecule has 1 aromatic carbocycles. The summed E-state index contributed by atoms with van der Waals surface area (Å²) in [4.78, 5) is 11.3. The summed E-state index contributed by atoms with van der Waals surface area (Å²) in [5.74, 6) is 0. The van der Waals surface area contributed by atoms with Crippen molar-refractivity contribution in [1.82, 2.24) is 5.16 Å². The highest BCUT2D eigenvalue weighted by Gasteiger charge is 2.03. The van der Waals surface area contributed by atoms with Gasteiger partial charge < -0.3 is 4.52 Å². The van der Waals surface area contributed by atoms with Gasteiger partial charge >= 0.3 is 0 Å². The molecule has 1 aromatic heterocycles. The van der Waals surface area contributed by atoms with Crippen LogP contribution in [0.3, 0.4) is 0 Å².